The number of carbonyl (C=O) groups is 1. The molecule has 0 radical (unpaired) electrons. The molecule has 5 nitrogen and oxygen atoms in total. The molecule has 0 aliphatic carbocycles. The Labute approximate surface area is 76.2 Å². The fourth-order valence-electron chi connectivity index (χ4n) is 0.797. The van der Waals surface area contributed by atoms with Gasteiger partial charge in [0.05, 0.1) is 12.1 Å². The monoisotopic (exact) mass is 183 g/mol. The zero-order valence-electron chi connectivity index (χ0n) is 7.66. The van der Waals surface area contributed by atoms with Crippen LogP contribution in [-0.4, -0.2) is 33.4 Å². The van der Waals surface area contributed by atoms with E-state index in [4.69, 9.17) is 5.11 Å². The number of aromatic nitrogens is 2. The first-order valence-corrected chi connectivity index (χ1v) is 3.98. The minimum atomic E-state index is -0.609. The molecule has 72 valence electrons. The van der Waals surface area contributed by atoms with Crippen molar-refractivity contribution in [2.45, 2.75) is 19.4 Å². The number of H-pyrrole nitrogens is 1. The lowest BCUT2D eigenvalue weighted by atomic mass is 10.1. The van der Waals surface area contributed by atoms with E-state index in [9.17, 15) is 4.79 Å². The van der Waals surface area contributed by atoms with Gasteiger partial charge in [0.25, 0.3) is 5.91 Å². The number of hydrogen-bond acceptors (Lipinski definition) is 3. The molecule has 1 aromatic rings. The van der Waals surface area contributed by atoms with Gasteiger partial charge < -0.3 is 10.4 Å². The van der Waals surface area contributed by atoms with Crippen LogP contribution in [-0.2, 0) is 0 Å². The molecule has 1 rings (SSSR count). The molecule has 0 saturated heterocycles. The Bertz CT molecular complexity index is 280. The Morgan fingerprint density at radius 3 is 2.92 bits per heavy atom. The van der Waals surface area contributed by atoms with Crippen molar-refractivity contribution in [3.63, 3.8) is 0 Å². The second-order valence-electron chi connectivity index (χ2n) is 3.47. The summed E-state index contributed by atoms with van der Waals surface area (Å²) in [5, 5.41) is 17.7. The maximum atomic E-state index is 11.4. The van der Waals surface area contributed by atoms with E-state index in [2.05, 4.69) is 15.5 Å². The molecule has 1 amide bonds. The minimum absolute atomic E-state index is 0.104. The molecule has 0 unspecified atom stereocenters. The first kappa shape index (κ1) is 9.73. The number of aliphatic hydroxyl groups excluding tert-OH is 1. The van der Waals surface area contributed by atoms with Gasteiger partial charge in [-0.05, 0) is 19.9 Å². The average Bonchev–Trinajstić information content (AvgIpc) is 2.55. The number of aromatic amines is 1. The number of hydrogen-bond donors (Lipinski definition) is 3. The average molecular weight is 183 g/mol. The predicted octanol–water partition coefficient (Wildman–Crippen LogP) is -0.0896. The number of carbonyl (C=O) groups excluding carboxylic acids is 1. The fraction of sp³-hybridized carbons (Fsp3) is 0.500. The highest BCUT2D eigenvalue weighted by atomic mass is 16.3. The lowest BCUT2D eigenvalue weighted by molar-refractivity contribution is 0.0864. The topological polar surface area (TPSA) is 78.0 Å². The summed E-state index contributed by atoms with van der Waals surface area (Å²) in [6.45, 7) is 3.37. The Hall–Kier alpha value is -1.36. The number of rotatable bonds is 3. The van der Waals surface area contributed by atoms with Gasteiger partial charge in [0.15, 0.2) is 0 Å². The molecular formula is C8H13N3O2. The molecule has 0 saturated carbocycles. The molecule has 0 fully saturated rings. The number of aliphatic hydroxyl groups is 1. The summed E-state index contributed by atoms with van der Waals surface area (Å²) in [5.74, 6) is -0.267. The summed E-state index contributed by atoms with van der Waals surface area (Å²) < 4.78 is 0. The number of nitrogens with one attached hydrogen (secondary N) is 2. The van der Waals surface area contributed by atoms with Crippen LogP contribution in [0.1, 0.15) is 24.3 Å². The molecule has 13 heavy (non-hydrogen) atoms. The quantitative estimate of drug-likeness (QED) is 0.612. The van der Waals surface area contributed by atoms with Crippen molar-refractivity contribution in [2.75, 3.05) is 6.61 Å². The van der Waals surface area contributed by atoms with Gasteiger partial charge in [-0.2, -0.15) is 5.10 Å². The van der Waals surface area contributed by atoms with Crippen LogP contribution in [0.5, 0.6) is 0 Å². The second kappa shape index (κ2) is 3.57. The van der Waals surface area contributed by atoms with Gasteiger partial charge in [0.1, 0.15) is 5.69 Å². The van der Waals surface area contributed by atoms with Crippen molar-refractivity contribution in [1.82, 2.24) is 15.5 Å². The molecule has 1 aromatic heterocycles. The largest absolute Gasteiger partial charge is 0.394 e. The SMILES string of the molecule is CC(C)(CO)NC(=O)c1ccn[nH]1. The van der Waals surface area contributed by atoms with Crippen molar-refractivity contribution in [1.29, 1.82) is 0 Å². The van der Waals surface area contributed by atoms with Crippen molar-refractivity contribution in [3.8, 4) is 0 Å². The van der Waals surface area contributed by atoms with Crippen molar-refractivity contribution < 1.29 is 9.90 Å². The van der Waals surface area contributed by atoms with Crippen LogP contribution in [0.2, 0.25) is 0 Å². The Morgan fingerprint density at radius 2 is 2.46 bits per heavy atom. The maximum absolute atomic E-state index is 11.4. The summed E-state index contributed by atoms with van der Waals surface area (Å²) in [6.07, 6.45) is 1.50. The van der Waals surface area contributed by atoms with E-state index in [0.717, 1.165) is 0 Å². The van der Waals surface area contributed by atoms with Crippen LogP contribution < -0.4 is 5.32 Å². The summed E-state index contributed by atoms with van der Waals surface area (Å²) in [7, 11) is 0. The highest BCUT2D eigenvalue weighted by Crippen LogP contribution is 2.02. The Kier molecular flexibility index (Phi) is 2.67. The first-order chi connectivity index (χ1) is 6.05. The third-order valence-corrected chi connectivity index (χ3v) is 1.59. The lowest BCUT2D eigenvalue weighted by Gasteiger charge is -2.22. The standard InChI is InChI=1S/C8H13N3O2/c1-8(2,5-12)10-7(13)6-3-4-9-11-6/h3-4,12H,5H2,1-2H3,(H,9,11)(H,10,13). The van der Waals surface area contributed by atoms with Crippen LogP contribution in [0.3, 0.4) is 0 Å². The van der Waals surface area contributed by atoms with Crippen LogP contribution in [0.15, 0.2) is 12.3 Å². The molecular weight excluding hydrogens is 170 g/mol. The van der Waals surface area contributed by atoms with Crippen LogP contribution >= 0.6 is 0 Å². The van der Waals surface area contributed by atoms with Crippen LogP contribution in [0.25, 0.3) is 0 Å². The third kappa shape index (κ3) is 2.55. The molecule has 0 aliphatic rings. The highest BCUT2D eigenvalue weighted by Gasteiger charge is 2.20. The number of amides is 1. The highest BCUT2D eigenvalue weighted by molar-refractivity contribution is 5.92. The zero-order chi connectivity index (χ0) is 9.90. The van der Waals surface area contributed by atoms with Crippen LogP contribution in [0.4, 0.5) is 0 Å². The van der Waals surface area contributed by atoms with Gasteiger partial charge in [-0.1, -0.05) is 0 Å². The second-order valence-corrected chi connectivity index (χ2v) is 3.47. The van der Waals surface area contributed by atoms with Crippen LogP contribution in [0, 0.1) is 0 Å². The molecule has 5 heteroatoms. The molecule has 3 N–H and O–H groups in total. The Morgan fingerprint density at radius 1 is 1.77 bits per heavy atom. The smallest absolute Gasteiger partial charge is 0.269 e. The third-order valence-electron chi connectivity index (χ3n) is 1.59. The fourth-order valence-corrected chi connectivity index (χ4v) is 0.797. The Balaban J connectivity index is 2.61. The minimum Gasteiger partial charge on any atom is -0.394 e. The lowest BCUT2D eigenvalue weighted by Crippen LogP contribution is -2.46. The van der Waals surface area contributed by atoms with Gasteiger partial charge in [0.2, 0.25) is 0 Å². The summed E-state index contributed by atoms with van der Waals surface area (Å²) in [5.41, 5.74) is -0.219. The van der Waals surface area contributed by atoms with E-state index in [1.165, 1.54) is 6.20 Å². The maximum Gasteiger partial charge on any atom is 0.269 e. The molecule has 1 heterocycles. The van der Waals surface area contributed by atoms with E-state index < -0.39 is 5.54 Å². The molecule has 0 spiro atoms. The molecule has 0 aromatic carbocycles. The molecule has 0 atom stereocenters. The van der Waals surface area contributed by atoms with Gasteiger partial charge >= 0.3 is 0 Å². The van der Waals surface area contributed by atoms with Crippen molar-refractivity contribution in [3.05, 3.63) is 18.0 Å². The van der Waals surface area contributed by atoms with Gasteiger partial charge in [-0.15, -0.1) is 0 Å². The first-order valence-electron chi connectivity index (χ1n) is 3.98. The van der Waals surface area contributed by atoms with Gasteiger partial charge in [-0.3, -0.25) is 9.89 Å². The van der Waals surface area contributed by atoms with E-state index in [1.54, 1.807) is 19.9 Å². The number of nitrogens with zero attached hydrogens (tertiary/aromatic N) is 1. The normalized spacial score (nSPS) is 11.3. The van der Waals surface area contributed by atoms with E-state index in [-0.39, 0.29) is 12.5 Å². The van der Waals surface area contributed by atoms with Gasteiger partial charge in [-0.25, -0.2) is 0 Å². The van der Waals surface area contributed by atoms with E-state index in [0.29, 0.717) is 5.69 Å². The van der Waals surface area contributed by atoms with Crippen molar-refractivity contribution >= 4 is 5.91 Å². The zero-order valence-corrected chi connectivity index (χ0v) is 7.66. The van der Waals surface area contributed by atoms with Gasteiger partial charge in [0, 0.05) is 6.20 Å². The van der Waals surface area contributed by atoms with E-state index in [1.807, 2.05) is 0 Å². The molecule has 0 bridgehead atoms. The predicted molar refractivity (Wildman–Crippen MR) is 47.2 cm³/mol. The summed E-state index contributed by atoms with van der Waals surface area (Å²) >= 11 is 0. The summed E-state index contributed by atoms with van der Waals surface area (Å²) in [6, 6.07) is 1.57. The van der Waals surface area contributed by atoms with E-state index >= 15 is 0 Å². The summed E-state index contributed by atoms with van der Waals surface area (Å²) in [4.78, 5) is 11.4. The molecule has 0 aliphatic heterocycles. The van der Waals surface area contributed by atoms with Crippen molar-refractivity contribution in [2.24, 2.45) is 0 Å².